The SMILES string of the molecule is CCCCOC(=O)CC(N)C(=O)OCCCC. The third-order valence-corrected chi connectivity index (χ3v) is 2.19. The van der Waals surface area contributed by atoms with E-state index in [0.717, 1.165) is 25.7 Å². The van der Waals surface area contributed by atoms with Crippen LogP contribution in [0.1, 0.15) is 46.0 Å². The molecular formula is C12H23NO4. The lowest BCUT2D eigenvalue weighted by Gasteiger charge is -2.10. The zero-order valence-corrected chi connectivity index (χ0v) is 10.7. The summed E-state index contributed by atoms with van der Waals surface area (Å²) in [7, 11) is 0. The fourth-order valence-corrected chi connectivity index (χ4v) is 1.08. The highest BCUT2D eigenvalue weighted by Crippen LogP contribution is 1.98. The minimum Gasteiger partial charge on any atom is -0.466 e. The van der Waals surface area contributed by atoms with Gasteiger partial charge in [-0.1, -0.05) is 26.7 Å². The molecule has 0 rings (SSSR count). The Kier molecular flexibility index (Phi) is 9.43. The molecule has 0 fully saturated rings. The molecule has 0 saturated heterocycles. The molecule has 0 heterocycles. The Morgan fingerprint density at radius 1 is 1.06 bits per heavy atom. The van der Waals surface area contributed by atoms with Crippen LogP contribution in [0.15, 0.2) is 0 Å². The number of nitrogens with two attached hydrogens (primary N) is 1. The van der Waals surface area contributed by atoms with Crippen molar-refractivity contribution >= 4 is 11.9 Å². The monoisotopic (exact) mass is 245 g/mol. The molecule has 0 radical (unpaired) electrons. The molecule has 100 valence electrons. The Hall–Kier alpha value is -1.10. The molecule has 1 atom stereocenters. The molecule has 0 aromatic carbocycles. The first-order valence-electron chi connectivity index (χ1n) is 6.19. The second-order valence-electron chi connectivity index (χ2n) is 3.91. The van der Waals surface area contributed by atoms with E-state index in [1.165, 1.54) is 0 Å². The molecule has 0 aliphatic carbocycles. The first-order valence-corrected chi connectivity index (χ1v) is 6.19. The summed E-state index contributed by atoms with van der Waals surface area (Å²) in [4.78, 5) is 22.6. The van der Waals surface area contributed by atoms with Gasteiger partial charge in [0.05, 0.1) is 19.6 Å². The van der Waals surface area contributed by atoms with Crippen molar-refractivity contribution in [1.82, 2.24) is 0 Å². The number of hydrogen-bond acceptors (Lipinski definition) is 5. The first kappa shape index (κ1) is 15.9. The van der Waals surface area contributed by atoms with Crippen molar-refractivity contribution in [3.05, 3.63) is 0 Å². The Morgan fingerprint density at radius 3 is 2.12 bits per heavy atom. The van der Waals surface area contributed by atoms with E-state index in [0.29, 0.717) is 13.2 Å². The molecule has 17 heavy (non-hydrogen) atoms. The van der Waals surface area contributed by atoms with E-state index in [1.54, 1.807) is 0 Å². The number of rotatable bonds is 9. The molecule has 0 aromatic rings. The van der Waals surface area contributed by atoms with Gasteiger partial charge in [0.1, 0.15) is 6.04 Å². The highest BCUT2D eigenvalue weighted by molar-refractivity contribution is 5.82. The maximum atomic E-state index is 11.3. The Balaban J connectivity index is 3.71. The molecule has 2 N–H and O–H groups in total. The lowest BCUT2D eigenvalue weighted by Crippen LogP contribution is -2.35. The summed E-state index contributed by atoms with van der Waals surface area (Å²) in [5.74, 6) is -0.982. The summed E-state index contributed by atoms with van der Waals surface area (Å²) in [5.41, 5.74) is 5.53. The Bertz CT molecular complexity index is 231. The van der Waals surface area contributed by atoms with Crippen LogP contribution in [0.3, 0.4) is 0 Å². The van der Waals surface area contributed by atoms with Crippen molar-refractivity contribution in [2.75, 3.05) is 13.2 Å². The number of ether oxygens (including phenoxy) is 2. The third kappa shape index (κ3) is 8.68. The van der Waals surface area contributed by atoms with Gasteiger partial charge in [0.15, 0.2) is 0 Å². The van der Waals surface area contributed by atoms with E-state index < -0.39 is 18.0 Å². The van der Waals surface area contributed by atoms with Crippen molar-refractivity contribution in [2.45, 2.75) is 52.0 Å². The van der Waals surface area contributed by atoms with Crippen molar-refractivity contribution in [1.29, 1.82) is 0 Å². The Labute approximate surface area is 103 Å². The first-order chi connectivity index (χ1) is 8.11. The average molecular weight is 245 g/mol. The molecule has 1 unspecified atom stereocenters. The van der Waals surface area contributed by atoms with Gasteiger partial charge in [0.25, 0.3) is 0 Å². The molecular weight excluding hydrogens is 222 g/mol. The lowest BCUT2D eigenvalue weighted by atomic mass is 10.2. The lowest BCUT2D eigenvalue weighted by molar-refractivity contribution is -0.152. The van der Waals surface area contributed by atoms with E-state index in [2.05, 4.69) is 0 Å². The summed E-state index contributed by atoms with van der Waals surface area (Å²) in [6, 6.07) is -0.916. The van der Waals surface area contributed by atoms with Gasteiger partial charge in [0.2, 0.25) is 0 Å². The van der Waals surface area contributed by atoms with Gasteiger partial charge in [-0.3, -0.25) is 9.59 Å². The maximum absolute atomic E-state index is 11.3. The van der Waals surface area contributed by atoms with Crippen molar-refractivity contribution in [2.24, 2.45) is 5.73 Å². The fraction of sp³-hybridized carbons (Fsp3) is 0.833. The molecule has 0 aromatic heterocycles. The molecule has 0 aliphatic rings. The normalized spacial score (nSPS) is 11.9. The van der Waals surface area contributed by atoms with Crippen LogP contribution in [0.2, 0.25) is 0 Å². The summed E-state index contributed by atoms with van der Waals surface area (Å²) in [6.07, 6.45) is 3.41. The van der Waals surface area contributed by atoms with Crippen LogP contribution in [-0.2, 0) is 19.1 Å². The summed E-state index contributed by atoms with van der Waals surface area (Å²) in [5, 5.41) is 0. The zero-order chi connectivity index (χ0) is 13.1. The van der Waals surface area contributed by atoms with Crippen LogP contribution in [0.25, 0.3) is 0 Å². The van der Waals surface area contributed by atoms with Gasteiger partial charge in [-0.15, -0.1) is 0 Å². The van der Waals surface area contributed by atoms with E-state index in [1.807, 2.05) is 13.8 Å². The molecule has 0 aliphatic heterocycles. The highest BCUT2D eigenvalue weighted by Gasteiger charge is 2.19. The predicted octanol–water partition coefficient (Wildman–Crippen LogP) is 1.39. The van der Waals surface area contributed by atoms with Gasteiger partial charge in [0, 0.05) is 0 Å². The van der Waals surface area contributed by atoms with E-state index in [-0.39, 0.29) is 6.42 Å². The molecule has 0 amide bonds. The quantitative estimate of drug-likeness (QED) is 0.490. The number of esters is 2. The van der Waals surface area contributed by atoms with Crippen LogP contribution in [-0.4, -0.2) is 31.2 Å². The summed E-state index contributed by atoms with van der Waals surface area (Å²) >= 11 is 0. The van der Waals surface area contributed by atoms with Gasteiger partial charge >= 0.3 is 11.9 Å². The topological polar surface area (TPSA) is 78.6 Å². The van der Waals surface area contributed by atoms with Crippen molar-refractivity contribution in [3.63, 3.8) is 0 Å². The van der Waals surface area contributed by atoms with Gasteiger partial charge < -0.3 is 15.2 Å². The predicted molar refractivity (Wildman–Crippen MR) is 64.3 cm³/mol. The largest absolute Gasteiger partial charge is 0.466 e. The van der Waals surface area contributed by atoms with Crippen molar-refractivity contribution in [3.8, 4) is 0 Å². The second-order valence-corrected chi connectivity index (χ2v) is 3.91. The molecule has 5 heteroatoms. The van der Waals surface area contributed by atoms with Gasteiger partial charge in [-0.2, -0.15) is 0 Å². The van der Waals surface area contributed by atoms with Crippen LogP contribution in [0.4, 0.5) is 0 Å². The molecule has 0 spiro atoms. The average Bonchev–Trinajstić information content (AvgIpc) is 2.29. The number of carbonyl (C=O) groups excluding carboxylic acids is 2. The zero-order valence-electron chi connectivity index (χ0n) is 10.7. The Morgan fingerprint density at radius 2 is 1.59 bits per heavy atom. The van der Waals surface area contributed by atoms with Gasteiger partial charge in [-0.05, 0) is 12.8 Å². The van der Waals surface area contributed by atoms with E-state index >= 15 is 0 Å². The smallest absolute Gasteiger partial charge is 0.323 e. The summed E-state index contributed by atoms with van der Waals surface area (Å²) in [6.45, 7) is 4.74. The molecule has 0 saturated carbocycles. The minimum atomic E-state index is -0.916. The van der Waals surface area contributed by atoms with Crippen LogP contribution in [0, 0.1) is 0 Å². The minimum absolute atomic E-state index is 0.116. The summed E-state index contributed by atoms with van der Waals surface area (Å²) < 4.78 is 9.80. The van der Waals surface area contributed by atoms with E-state index in [4.69, 9.17) is 15.2 Å². The molecule has 5 nitrogen and oxygen atoms in total. The van der Waals surface area contributed by atoms with Crippen molar-refractivity contribution < 1.29 is 19.1 Å². The van der Waals surface area contributed by atoms with E-state index in [9.17, 15) is 9.59 Å². The number of unbranched alkanes of at least 4 members (excludes halogenated alkanes) is 2. The number of carbonyl (C=O) groups is 2. The van der Waals surface area contributed by atoms with Crippen LogP contribution >= 0.6 is 0 Å². The highest BCUT2D eigenvalue weighted by atomic mass is 16.5. The van der Waals surface area contributed by atoms with Crippen LogP contribution in [0.5, 0.6) is 0 Å². The maximum Gasteiger partial charge on any atom is 0.323 e. The number of hydrogen-bond donors (Lipinski definition) is 1. The standard InChI is InChI=1S/C12H23NO4/c1-3-5-7-16-11(14)9-10(13)12(15)17-8-6-4-2/h10H,3-9,13H2,1-2H3. The van der Waals surface area contributed by atoms with Gasteiger partial charge in [-0.25, -0.2) is 0 Å². The second kappa shape index (κ2) is 10.1. The van der Waals surface area contributed by atoms with Crippen LogP contribution < -0.4 is 5.73 Å². The fourth-order valence-electron chi connectivity index (χ4n) is 1.08. The third-order valence-electron chi connectivity index (χ3n) is 2.19. The molecule has 0 bridgehead atoms.